The van der Waals surface area contributed by atoms with Crippen molar-refractivity contribution >= 4 is 11.8 Å². The second-order valence-corrected chi connectivity index (χ2v) is 5.90. The number of nitrogens with zero attached hydrogens (tertiary/aromatic N) is 3. The maximum atomic E-state index is 11.7. The quantitative estimate of drug-likeness (QED) is 0.879. The lowest BCUT2D eigenvalue weighted by Gasteiger charge is -2.07. The van der Waals surface area contributed by atoms with Crippen molar-refractivity contribution in [3.63, 3.8) is 0 Å². The van der Waals surface area contributed by atoms with Crippen LogP contribution in [0.25, 0.3) is 0 Å². The Morgan fingerprint density at radius 3 is 2.95 bits per heavy atom. The van der Waals surface area contributed by atoms with Crippen LogP contribution in [-0.4, -0.2) is 24.9 Å². The Balaban J connectivity index is 1.79. The molecule has 0 unspecified atom stereocenters. The Morgan fingerprint density at radius 1 is 1.55 bits per heavy atom. The topological polar surface area (TPSA) is 83.8 Å². The van der Waals surface area contributed by atoms with Gasteiger partial charge in [0.2, 0.25) is 0 Å². The molecule has 0 aromatic carbocycles. The molecular formula is C13H16N4O2S. The molecule has 0 amide bonds. The minimum absolute atomic E-state index is 0.152. The van der Waals surface area contributed by atoms with E-state index < -0.39 is 6.10 Å². The highest BCUT2D eigenvalue weighted by molar-refractivity contribution is 7.99. The summed E-state index contributed by atoms with van der Waals surface area (Å²) >= 11 is 1.41. The summed E-state index contributed by atoms with van der Waals surface area (Å²) in [5.41, 5.74) is 0.513. The highest BCUT2D eigenvalue weighted by Gasteiger charge is 2.28. The molecule has 0 saturated heterocycles. The molecule has 1 fully saturated rings. The lowest BCUT2D eigenvalue weighted by molar-refractivity contribution is 0.169. The van der Waals surface area contributed by atoms with Gasteiger partial charge in [0.05, 0.1) is 11.8 Å². The third-order valence-electron chi connectivity index (χ3n) is 3.28. The zero-order valence-electron chi connectivity index (χ0n) is 11.1. The van der Waals surface area contributed by atoms with Crippen LogP contribution >= 0.6 is 11.8 Å². The summed E-state index contributed by atoms with van der Waals surface area (Å²) in [6.45, 7) is 1.91. The monoisotopic (exact) mass is 292 g/mol. The van der Waals surface area contributed by atoms with Crippen molar-refractivity contribution in [2.75, 3.05) is 0 Å². The fraction of sp³-hybridized carbons (Fsp3) is 0.462. The van der Waals surface area contributed by atoms with Crippen LogP contribution in [0.2, 0.25) is 0 Å². The SMILES string of the molecule is CC[C@@H](O)c1ccc(Sc2n[nH]c(=O)n2C2CC2)cn1. The first-order chi connectivity index (χ1) is 9.69. The molecule has 2 aromatic rings. The molecule has 1 aliphatic carbocycles. The van der Waals surface area contributed by atoms with Crippen LogP contribution in [0.1, 0.15) is 44.0 Å². The summed E-state index contributed by atoms with van der Waals surface area (Å²) in [4.78, 5) is 16.8. The van der Waals surface area contributed by atoms with Gasteiger partial charge in [-0.2, -0.15) is 0 Å². The van der Waals surface area contributed by atoms with Crippen molar-refractivity contribution in [2.24, 2.45) is 0 Å². The fourth-order valence-corrected chi connectivity index (χ4v) is 2.85. The number of aromatic amines is 1. The molecule has 20 heavy (non-hydrogen) atoms. The number of nitrogens with one attached hydrogen (secondary N) is 1. The second kappa shape index (κ2) is 5.41. The molecule has 3 rings (SSSR count). The molecule has 1 aliphatic rings. The van der Waals surface area contributed by atoms with Crippen LogP contribution < -0.4 is 5.69 Å². The number of aromatic nitrogens is 4. The minimum atomic E-state index is -0.524. The number of rotatable bonds is 5. The summed E-state index contributed by atoms with van der Waals surface area (Å²) < 4.78 is 1.71. The predicted octanol–water partition coefficient (Wildman–Crippen LogP) is 1.90. The van der Waals surface area contributed by atoms with E-state index in [2.05, 4.69) is 15.2 Å². The summed E-state index contributed by atoms with van der Waals surface area (Å²) in [5, 5.41) is 16.9. The molecule has 1 atom stereocenters. The Hall–Kier alpha value is -1.60. The second-order valence-electron chi connectivity index (χ2n) is 4.86. The Bertz CT molecular complexity index is 645. The third kappa shape index (κ3) is 2.64. The number of H-pyrrole nitrogens is 1. The Labute approximate surface area is 120 Å². The molecule has 0 spiro atoms. The van der Waals surface area contributed by atoms with Crippen molar-refractivity contribution in [1.82, 2.24) is 19.7 Å². The van der Waals surface area contributed by atoms with E-state index in [0.717, 1.165) is 17.7 Å². The normalized spacial score (nSPS) is 16.3. The molecule has 0 aliphatic heterocycles. The molecule has 1 saturated carbocycles. The van der Waals surface area contributed by atoms with Crippen molar-refractivity contribution < 1.29 is 5.11 Å². The van der Waals surface area contributed by atoms with Crippen LogP contribution in [0.15, 0.2) is 33.2 Å². The standard InChI is InChI=1S/C13H16N4O2S/c1-2-11(18)10-6-5-9(7-14-10)20-13-16-15-12(19)17(13)8-3-4-8/h5-8,11,18H,2-4H2,1H3,(H,15,19)/t11-/m1/s1. The van der Waals surface area contributed by atoms with E-state index in [0.29, 0.717) is 17.3 Å². The average molecular weight is 292 g/mol. The van der Waals surface area contributed by atoms with Crippen LogP contribution in [0.4, 0.5) is 0 Å². The number of aliphatic hydroxyl groups is 1. The van der Waals surface area contributed by atoms with Gasteiger partial charge in [0.25, 0.3) is 0 Å². The zero-order chi connectivity index (χ0) is 14.1. The number of aliphatic hydroxyl groups excluding tert-OH is 1. The van der Waals surface area contributed by atoms with Crippen molar-refractivity contribution in [1.29, 1.82) is 0 Å². The van der Waals surface area contributed by atoms with E-state index >= 15 is 0 Å². The highest BCUT2D eigenvalue weighted by Crippen LogP contribution is 2.37. The first kappa shape index (κ1) is 13.4. The maximum Gasteiger partial charge on any atom is 0.344 e. The van der Waals surface area contributed by atoms with Gasteiger partial charge in [0.1, 0.15) is 0 Å². The lowest BCUT2D eigenvalue weighted by Crippen LogP contribution is -2.15. The van der Waals surface area contributed by atoms with Gasteiger partial charge >= 0.3 is 5.69 Å². The van der Waals surface area contributed by atoms with Gasteiger partial charge in [-0.15, -0.1) is 5.10 Å². The van der Waals surface area contributed by atoms with Gasteiger partial charge in [-0.25, -0.2) is 9.89 Å². The van der Waals surface area contributed by atoms with E-state index in [1.165, 1.54) is 11.8 Å². The summed E-state index contributed by atoms with van der Waals surface area (Å²) in [6.07, 6.45) is 3.89. The molecule has 2 aromatic heterocycles. The van der Waals surface area contributed by atoms with E-state index in [4.69, 9.17) is 0 Å². The molecule has 2 heterocycles. The van der Waals surface area contributed by atoms with E-state index in [1.54, 1.807) is 10.8 Å². The van der Waals surface area contributed by atoms with Crippen LogP contribution in [0.3, 0.4) is 0 Å². The predicted molar refractivity (Wildman–Crippen MR) is 74.7 cm³/mol. The van der Waals surface area contributed by atoms with Gasteiger partial charge in [-0.05, 0) is 43.2 Å². The van der Waals surface area contributed by atoms with E-state index in [9.17, 15) is 9.90 Å². The molecule has 106 valence electrons. The van der Waals surface area contributed by atoms with Crippen LogP contribution in [0, 0.1) is 0 Å². The molecule has 2 N–H and O–H groups in total. The smallest absolute Gasteiger partial charge is 0.344 e. The van der Waals surface area contributed by atoms with Gasteiger partial charge in [0, 0.05) is 17.1 Å². The first-order valence-electron chi connectivity index (χ1n) is 6.67. The van der Waals surface area contributed by atoms with Crippen molar-refractivity contribution in [2.45, 2.75) is 48.4 Å². The van der Waals surface area contributed by atoms with Gasteiger partial charge in [-0.3, -0.25) is 9.55 Å². The van der Waals surface area contributed by atoms with Crippen molar-refractivity contribution in [3.8, 4) is 0 Å². The van der Waals surface area contributed by atoms with Gasteiger partial charge < -0.3 is 5.11 Å². The van der Waals surface area contributed by atoms with Crippen LogP contribution in [-0.2, 0) is 0 Å². The summed E-state index contributed by atoms with van der Waals surface area (Å²) in [7, 11) is 0. The van der Waals surface area contributed by atoms with Crippen molar-refractivity contribution in [3.05, 3.63) is 34.5 Å². The Kier molecular flexibility index (Phi) is 3.62. The molecule has 0 radical (unpaired) electrons. The number of pyridine rings is 1. The molecular weight excluding hydrogens is 276 g/mol. The highest BCUT2D eigenvalue weighted by atomic mass is 32.2. The zero-order valence-corrected chi connectivity index (χ0v) is 11.9. The Morgan fingerprint density at radius 2 is 2.35 bits per heavy atom. The van der Waals surface area contributed by atoms with E-state index in [1.807, 2.05) is 19.1 Å². The average Bonchev–Trinajstić information content (AvgIpc) is 3.24. The summed E-state index contributed by atoms with van der Waals surface area (Å²) in [5.74, 6) is 0. The maximum absolute atomic E-state index is 11.7. The minimum Gasteiger partial charge on any atom is -0.387 e. The largest absolute Gasteiger partial charge is 0.387 e. The van der Waals surface area contributed by atoms with Gasteiger partial charge in [-0.1, -0.05) is 6.92 Å². The molecule has 7 heteroatoms. The van der Waals surface area contributed by atoms with Crippen LogP contribution in [0.5, 0.6) is 0 Å². The molecule has 0 bridgehead atoms. The third-order valence-corrected chi connectivity index (χ3v) is 4.23. The summed E-state index contributed by atoms with van der Waals surface area (Å²) in [6, 6.07) is 3.99. The van der Waals surface area contributed by atoms with E-state index in [-0.39, 0.29) is 11.7 Å². The molecule has 6 nitrogen and oxygen atoms in total. The number of hydrogen-bond donors (Lipinski definition) is 2. The first-order valence-corrected chi connectivity index (χ1v) is 7.49. The number of hydrogen-bond acceptors (Lipinski definition) is 5. The lowest BCUT2D eigenvalue weighted by atomic mass is 10.2. The fourth-order valence-electron chi connectivity index (χ4n) is 1.98. The van der Waals surface area contributed by atoms with Gasteiger partial charge in [0.15, 0.2) is 5.16 Å².